The molecule has 166 valence electrons. The van der Waals surface area contributed by atoms with Crippen LogP contribution in [0.2, 0.25) is 10.0 Å². The van der Waals surface area contributed by atoms with E-state index in [1.165, 1.54) is 6.07 Å². The van der Waals surface area contributed by atoms with E-state index in [4.69, 9.17) is 23.2 Å². The predicted octanol–water partition coefficient (Wildman–Crippen LogP) is 4.79. The van der Waals surface area contributed by atoms with Gasteiger partial charge in [0.1, 0.15) is 5.69 Å². The Morgan fingerprint density at radius 2 is 1.88 bits per heavy atom. The molecule has 0 aliphatic heterocycles. The molecular weight excluding hydrogens is 463 g/mol. The molecule has 0 aliphatic carbocycles. The van der Waals surface area contributed by atoms with Crippen LogP contribution < -0.4 is 5.32 Å². The zero-order valence-electron chi connectivity index (χ0n) is 17.2. The van der Waals surface area contributed by atoms with Crippen molar-refractivity contribution in [1.29, 1.82) is 0 Å². The molecule has 0 saturated carbocycles. The minimum Gasteiger partial charge on any atom is -0.316 e. The van der Waals surface area contributed by atoms with Crippen LogP contribution in [0.25, 0.3) is 5.78 Å². The Bertz CT molecular complexity index is 1350. The molecule has 0 fully saturated rings. The van der Waals surface area contributed by atoms with Crippen molar-refractivity contribution in [2.75, 3.05) is 5.32 Å². The number of halogens is 4. The van der Waals surface area contributed by atoms with Crippen molar-refractivity contribution in [2.45, 2.75) is 33.7 Å². The number of aromatic nitrogens is 6. The summed E-state index contributed by atoms with van der Waals surface area (Å²) in [5.41, 5.74) is 2.47. The normalized spacial score (nSPS) is 11.5. The van der Waals surface area contributed by atoms with Crippen LogP contribution in [0.4, 0.5) is 14.5 Å². The molecular formula is C20H17Cl2F2N7O. The highest BCUT2D eigenvalue weighted by Crippen LogP contribution is 2.25. The SMILES string of the molecule is Cc1cc(C(F)F)n2nc(C(=O)Nc3c(C)nn(Cc4ccc(Cl)cc4Cl)c3C)nc2n1. The third-order valence-electron chi connectivity index (χ3n) is 4.85. The Balaban J connectivity index is 1.62. The second-order valence-corrected chi connectivity index (χ2v) is 8.01. The fraction of sp³-hybridized carbons (Fsp3) is 0.250. The van der Waals surface area contributed by atoms with Gasteiger partial charge in [-0.05, 0) is 44.5 Å². The highest BCUT2D eigenvalue weighted by molar-refractivity contribution is 6.35. The van der Waals surface area contributed by atoms with Crippen LogP contribution in [0.15, 0.2) is 24.3 Å². The zero-order chi connectivity index (χ0) is 23.2. The number of fused-ring (bicyclic) bond motifs is 1. The lowest BCUT2D eigenvalue weighted by atomic mass is 10.2. The van der Waals surface area contributed by atoms with Crippen LogP contribution in [-0.2, 0) is 6.54 Å². The molecule has 8 nitrogen and oxygen atoms in total. The highest BCUT2D eigenvalue weighted by Gasteiger charge is 2.22. The molecule has 0 spiro atoms. The van der Waals surface area contributed by atoms with Crippen molar-refractivity contribution in [3.8, 4) is 0 Å². The van der Waals surface area contributed by atoms with Crippen LogP contribution in [-0.4, -0.2) is 35.3 Å². The van der Waals surface area contributed by atoms with Crippen LogP contribution >= 0.6 is 23.2 Å². The molecule has 0 aliphatic rings. The van der Waals surface area contributed by atoms with Crippen LogP contribution in [0, 0.1) is 20.8 Å². The van der Waals surface area contributed by atoms with Gasteiger partial charge >= 0.3 is 0 Å². The number of carbonyl (C=O) groups excluding carboxylic acids is 1. The number of carbonyl (C=O) groups is 1. The summed E-state index contributed by atoms with van der Waals surface area (Å²) < 4.78 is 29.2. The maximum atomic E-state index is 13.3. The topological polar surface area (TPSA) is 90.0 Å². The molecule has 0 radical (unpaired) electrons. The number of benzene rings is 1. The zero-order valence-corrected chi connectivity index (χ0v) is 18.7. The van der Waals surface area contributed by atoms with E-state index >= 15 is 0 Å². The fourth-order valence-corrected chi connectivity index (χ4v) is 3.75. The standard InChI is InChI=1S/C20H17Cl2F2N7O/c1-9-6-15(17(23)24)31-20(25-9)27-18(29-31)19(32)26-16-10(2)28-30(11(16)3)8-12-4-5-13(21)7-14(12)22/h4-7,17H,8H2,1-3H3,(H,26,32). The first-order valence-corrected chi connectivity index (χ1v) is 10.2. The summed E-state index contributed by atoms with van der Waals surface area (Å²) in [6.45, 7) is 5.45. The summed E-state index contributed by atoms with van der Waals surface area (Å²) in [6.07, 6.45) is -2.79. The number of hydrogen-bond donors (Lipinski definition) is 1. The lowest BCUT2D eigenvalue weighted by Crippen LogP contribution is -2.15. The van der Waals surface area contributed by atoms with E-state index < -0.39 is 12.3 Å². The maximum absolute atomic E-state index is 13.3. The first kappa shape index (κ1) is 22.1. The number of aryl methyl sites for hydroxylation is 2. The van der Waals surface area contributed by atoms with E-state index in [2.05, 4.69) is 25.5 Å². The molecule has 0 unspecified atom stereocenters. The number of hydrogen-bond acceptors (Lipinski definition) is 5. The summed E-state index contributed by atoms with van der Waals surface area (Å²) in [5, 5.41) is 12.1. The average Bonchev–Trinajstić information content (AvgIpc) is 3.25. The van der Waals surface area contributed by atoms with Crippen molar-refractivity contribution < 1.29 is 13.6 Å². The minimum atomic E-state index is -2.79. The summed E-state index contributed by atoms with van der Waals surface area (Å²) in [5.74, 6) is -1.02. The Morgan fingerprint density at radius 3 is 2.56 bits per heavy atom. The first-order chi connectivity index (χ1) is 15.1. The maximum Gasteiger partial charge on any atom is 0.295 e. The smallest absolute Gasteiger partial charge is 0.295 e. The van der Waals surface area contributed by atoms with E-state index in [9.17, 15) is 13.6 Å². The molecule has 1 N–H and O–H groups in total. The fourth-order valence-electron chi connectivity index (χ4n) is 3.28. The van der Waals surface area contributed by atoms with E-state index in [0.29, 0.717) is 39.4 Å². The summed E-state index contributed by atoms with van der Waals surface area (Å²) in [4.78, 5) is 20.8. The molecule has 0 saturated heterocycles. The second-order valence-electron chi connectivity index (χ2n) is 7.16. The van der Waals surface area contributed by atoms with Gasteiger partial charge in [0.05, 0.1) is 23.6 Å². The Hall–Kier alpha value is -3.11. The van der Waals surface area contributed by atoms with E-state index in [1.807, 2.05) is 0 Å². The number of anilines is 1. The lowest BCUT2D eigenvalue weighted by molar-refractivity contribution is 0.101. The molecule has 4 aromatic rings. The van der Waals surface area contributed by atoms with Gasteiger partial charge in [0.25, 0.3) is 18.1 Å². The van der Waals surface area contributed by atoms with Crippen molar-refractivity contribution in [1.82, 2.24) is 29.4 Å². The first-order valence-electron chi connectivity index (χ1n) is 9.45. The summed E-state index contributed by atoms with van der Waals surface area (Å²) >= 11 is 12.2. The predicted molar refractivity (Wildman–Crippen MR) is 116 cm³/mol. The summed E-state index contributed by atoms with van der Waals surface area (Å²) in [6, 6.07) is 6.38. The van der Waals surface area contributed by atoms with Gasteiger partial charge in [-0.3, -0.25) is 9.48 Å². The van der Waals surface area contributed by atoms with Gasteiger partial charge in [-0.1, -0.05) is 29.3 Å². The number of nitrogens with one attached hydrogen (secondary N) is 1. The minimum absolute atomic E-state index is 0.0769. The molecule has 0 bridgehead atoms. The number of alkyl halides is 2. The molecule has 32 heavy (non-hydrogen) atoms. The van der Waals surface area contributed by atoms with Crippen molar-refractivity contribution in [2.24, 2.45) is 0 Å². The molecule has 3 aromatic heterocycles. The second kappa shape index (κ2) is 8.44. The molecule has 1 aromatic carbocycles. The number of amides is 1. The molecule has 0 atom stereocenters. The van der Waals surface area contributed by atoms with E-state index in [0.717, 1.165) is 10.1 Å². The van der Waals surface area contributed by atoms with Crippen molar-refractivity contribution >= 4 is 40.6 Å². The molecule has 3 heterocycles. The largest absolute Gasteiger partial charge is 0.316 e. The third-order valence-corrected chi connectivity index (χ3v) is 5.44. The van der Waals surface area contributed by atoms with E-state index in [-0.39, 0.29) is 17.3 Å². The molecule has 12 heteroatoms. The number of nitrogens with zero attached hydrogens (tertiary/aromatic N) is 6. The average molecular weight is 480 g/mol. The van der Waals surface area contributed by atoms with E-state index in [1.54, 1.807) is 43.7 Å². The molecule has 1 amide bonds. The third kappa shape index (κ3) is 4.15. The summed E-state index contributed by atoms with van der Waals surface area (Å²) in [7, 11) is 0. The lowest BCUT2D eigenvalue weighted by Gasteiger charge is -2.08. The van der Waals surface area contributed by atoms with Gasteiger partial charge < -0.3 is 5.32 Å². The van der Waals surface area contributed by atoms with Gasteiger partial charge in [0, 0.05) is 15.7 Å². The van der Waals surface area contributed by atoms with Gasteiger partial charge in [0.2, 0.25) is 5.82 Å². The van der Waals surface area contributed by atoms with Crippen molar-refractivity contribution in [3.63, 3.8) is 0 Å². The number of rotatable bonds is 5. The highest BCUT2D eigenvalue weighted by atomic mass is 35.5. The molecule has 4 rings (SSSR count). The Labute approximate surface area is 191 Å². The Kier molecular flexibility index (Phi) is 5.83. The van der Waals surface area contributed by atoms with Gasteiger partial charge in [0.15, 0.2) is 0 Å². The monoisotopic (exact) mass is 479 g/mol. The van der Waals surface area contributed by atoms with Crippen LogP contribution in [0.1, 0.15) is 45.4 Å². The van der Waals surface area contributed by atoms with Gasteiger partial charge in [-0.25, -0.2) is 13.8 Å². The Morgan fingerprint density at radius 1 is 1.12 bits per heavy atom. The van der Waals surface area contributed by atoms with Gasteiger partial charge in [-0.2, -0.15) is 14.6 Å². The quantitative estimate of drug-likeness (QED) is 0.444. The van der Waals surface area contributed by atoms with Gasteiger partial charge in [-0.15, -0.1) is 5.10 Å². The van der Waals surface area contributed by atoms with Crippen molar-refractivity contribution in [3.05, 3.63) is 68.5 Å². The van der Waals surface area contributed by atoms with Crippen LogP contribution in [0.3, 0.4) is 0 Å². The van der Waals surface area contributed by atoms with Crippen LogP contribution in [0.5, 0.6) is 0 Å².